The van der Waals surface area contributed by atoms with E-state index in [2.05, 4.69) is 25.8 Å². The van der Waals surface area contributed by atoms with Gasteiger partial charge in [-0.2, -0.15) is 0 Å². The molecule has 0 fully saturated rings. The largest absolute Gasteiger partial charge is 0.371 e. The van der Waals surface area contributed by atoms with E-state index in [0.29, 0.717) is 0 Å². The minimum atomic E-state index is -0.196. The molecule has 0 amide bonds. The van der Waals surface area contributed by atoms with Crippen LogP contribution >= 0.6 is 11.3 Å². The molecule has 1 heterocycles. The molecule has 0 radical (unpaired) electrons. The summed E-state index contributed by atoms with van der Waals surface area (Å²) in [6, 6.07) is 0. The summed E-state index contributed by atoms with van der Waals surface area (Å²) in [4.78, 5) is 5.72. The summed E-state index contributed by atoms with van der Waals surface area (Å²) in [7, 11) is 1.75. The molecule has 0 bridgehead atoms. The second-order valence-electron chi connectivity index (χ2n) is 3.27. The molecule has 0 spiro atoms. The molecule has 0 aromatic carbocycles. The number of rotatable bonds is 4. The van der Waals surface area contributed by atoms with E-state index < -0.39 is 0 Å². The van der Waals surface area contributed by atoms with Crippen molar-refractivity contribution in [3.05, 3.63) is 16.1 Å². The van der Waals surface area contributed by atoms with Gasteiger partial charge in [0.15, 0.2) is 0 Å². The smallest absolute Gasteiger partial charge is 0.124 e. The molecule has 1 aromatic rings. The molecule has 0 aliphatic heterocycles. The van der Waals surface area contributed by atoms with Gasteiger partial charge in [0.25, 0.3) is 0 Å². The highest BCUT2D eigenvalue weighted by Gasteiger charge is 2.27. The Balaban J connectivity index is 2.91. The molecular formula is C10H17NOS. The van der Waals surface area contributed by atoms with Crippen molar-refractivity contribution in [3.8, 4) is 0 Å². The summed E-state index contributed by atoms with van der Waals surface area (Å²) in [5, 5.41) is 1.09. The first-order valence-corrected chi connectivity index (χ1v) is 5.48. The zero-order chi connectivity index (χ0) is 9.90. The first-order chi connectivity index (χ1) is 6.16. The van der Waals surface area contributed by atoms with Crippen molar-refractivity contribution < 1.29 is 4.74 Å². The Kier molecular flexibility index (Phi) is 3.45. The Morgan fingerprint density at radius 2 is 2.23 bits per heavy atom. The topological polar surface area (TPSA) is 22.1 Å². The quantitative estimate of drug-likeness (QED) is 0.743. The van der Waals surface area contributed by atoms with Crippen molar-refractivity contribution in [2.75, 3.05) is 7.11 Å². The lowest BCUT2D eigenvalue weighted by Gasteiger charge is -2.23. The maximum atomic E-state index is 5.48. The summed E-state index contributed by atoms with van der Waals surface area (Å²) in [6.07, 6.45) is 3.97. The summed E-state index contributed by atoms with van der Waals surface area (Å²) in [6.45, 7) is 6.36. The highest BCUT2D eigenvalue weighted by Crippen LogP contribution is 2.31. The molecule has 13 heavy (non-hydrogen) atoms. The number of hydrogen-bond donors (Lipinski definition) is 0. The standard InChI is InChI=1S/C10H17NOS/c1-5-8-7-11-9(13-8)10(3,6-2)12-4/h7H,5-6H2,1-4H3. The molecule has 1 unspecified atom stereocenters. The van der Waals surface area contributed by atoms with Crippen LogP contribution in [0.2, 0.25) is 0 Å². The summed E-state index contributed by atoms with van der Waals surface area (Å²) < 4.78 is 5.48. The van der Waals surface area contributed by atoms with Crippen molar-refractivity contribution in [3.63, 3.8) is 0 Å². The molecule has 0 saturated heterocycles. The second kappa shape index (κ2) is 4.20. The average molecular weight is 199 g/mol. The van der Waals surface area contributed by atoms with E-state index in [-0.39, 0.29) is 5.60 Å². The number of aromatic nitrogens is 1. The Morgan fingerprint density at radius 3 is 2.62 bits per heavy atom. The molecule has 1 aromatic heterocycles. The molecule has 3 heteroatoms. The maximum absolute atomic E-state index is 5.48. The van der Waals surface area contributed by atoms with Crippen molar-refractivity contribution in [1.82, 2.24) is 4.98 Å². The first-order valence-electron chi connectivity index (χ1n) is 4.66. The van der Waals surface area contributed by atoms with Gasteiger partial charge in [-0.1, -0.05) is 13.8 Å². The van der Waals surface area contributed by atoms with Crippen LogP contribution in [0.3, 0.4) is 0 Å². The van der Waals surface area contributed by atoms with Gasteiger partial charge >= 0.3 is 0 Å². The fourth-order valence-corrected chi connectivity index (χ4v) is 2.15. The predicted molar refractivity (Wildman–Crippen MR) is 56.1 cm³/mol. The van der Waals surface area contributed by atoms with E-state index in [1.54, 1.807) is 18.4 Å². The van der Waals surface area contributed by atoms with Crippen LogP contribution in [-0.2, 0) is 16.8 Å². The number of ether oxygens (including phenoxy) is 1. The van der Waals surface area contributed by atoms with E-state index in [9.17, 15) is 0 Å². The third-order valence-corrected chi connectivity index (χ3v) is 3.87. The van der Waals surface area contributed by atoms with Gasteiger partial charge < -0.3 is 4.74 Å². The highest BCUT2D eigenvalue weighted by molar-refractivity contribution is 7.11. The van der Waals surface area contributed by atoms with Gasteiger partial charge in [0.1, 0.15) is 10.6 Å². The van der Waals surface area contributed by atoms with Gasteiger partial charge in [0, 0.05) is 18.2 Å². The fourth-order valence-electron chi connectivity index (χ4n) is 1.10. The lowest BCUT2D eigenvalue weighted by Crippen LogP contribution is -2.22. The Bertz CT molecular complexity index is 266. The third-order valence-electron chi connectivity index (χ3n) is 2.48. The normalized spacial score (nSPS) is 15.7. The third kappa shape index (κ3) is 2.09. The van der Waals surface area contributed by atoms with E-state index in [4.69, 9.17) is 4.74 Å². The summed E-state index contributed by atoms with van der Waals surface area (Å²) >= 11 is 1.75. The highest BCUT2D eigenvalue weighted by atomic mass is 32.1. The van der Waals surface area contributed by atoms with E-state index in [1.165, 1.54) is 4.88 Å². The van der Waals surface area contributed by atoms with Gasteiger partial charge in [-0.15, -0.1) is 11.3 Å². The van der Waals surface area contributed by atoms with E-state index in [1.807, 2.05) is 6.20 Å². The number of hydrogen-bond acceptors (Lipinski definition) is 3. The lowest BCUT2D eigenvalue weighted by atomic mass is 10.1. The Morgan fingerprint density at radius 1 is 1.54 bits per heavy atom. The second-order valence-corrected chi connectivity index (χ2v) is 4.39. The summed E-state index contributed by atoms with van der Waals surface area (Å²) in [5.74, 6) is 0. The monoisotopic (exact) mass is 199 g/mol. The Labute approximate surface area is 84.0 Å². The number of methoxy groups -OCH3 is 1. The van der Waals surface area contributed by atoms with Gasteiger partial charge in [0.05, 0.1) is 0 Å². The van der Waals surface area contributed by atoms with Gasteiger partial charge in [-0.05, 0) is 19.8 Å². The van der Waals surface area contributed by atoms with Crippen molar-refractivity contribution >= 4 is 11.3 Å². The van der Waals surface area contributed by atoms with Gasteiger partial charge in [0.2, 0.25) is 0 Å². The molecule has 0 saturated carbocycles. The number of aryl methyl sites for hydroxylation is 1. The van der Waals surface area contributed by atoms with Crippen LogP contribution in [0.15, 0.2) is 6.20 Å². The molecule has 0 aliphatic carbocycles. The van der Waals surface area contributed by atoms with Crippen LogP contribution in [0.4, 0.5) is 0 Å². The van der Waals surface area contributed by atoms with Crippen LogP contribution in [-0.4, -0.2) is 12.1 Å². The molecule has 2 nitrogen and oxygen atoms in total. The maximum Gasteiger partial charge on any atom is 0.124 e. The van der Waals surface area contributed by atoms with Crippen LogP contribution < -0.4 is 0 Å². The lowest BCUT2D eigenvalue weighted by molar-refractivity contribution is -0.00156. The summed E-state index contributed by atoms with van der Waals surface area (Å²) in [5.41, 5.74) is -0.196. The SMILES string of the molecule is CCc1cnc(C(C)(CC)OC)s1. The van der Waals surface area contributed by atoms with Crippen LogP contribution in [0, 0.1) is 0 Å². The first kappa shape index (κ1) is 10.7. The zero-order valence-electron chi connectivity index (χ0n) is 8.76. The van der Waals surface area contributed by atoms with Gasteiger partial charge in [-0.25, -0.2) is 4.98 Å². The minimum Gasteiger partial charge on any atom is -0.371 e. The van der Waals surface area contributed by atoms with Crippen molar-refractivity contribution in [2.24, 2.45) is 0 Å². The molecule has 1 rings (SSSR count). The van der Waals surface area contributed by atoms with Crippen LogP contribution in [0.5, 0.6) is 0 Å². The molecule has 0 N–H and O–H groups in total. The van der Waals surface area contributed by atoms with E-state index >= 15 is 0 Å². The number of thiazole rings is 1. The molecule has 0 aliphatic rings. The molecule has 74 valence electrons. The predicted octanol–water partition coefficient (Wildman–Crippen LogP) is 2.98. The minimum absolute atomic E-state index is 0.196. The van der Waals surface area contributed by atoms with E-state index in [0.717, 1.165) is 17.8 Å². The Hall–Kier alpha value is -0.410. The number of nitrogens with zero attached hydrogens (tertiary/aromatic N) is 1. The zero-order valence-corrected chi connectivity index (χ0v) is 9.57. The average Bonchev–Trinajstić information content (AvgIpc) is 2.65. The molecule has 1 atom stereocenters. The fraction of sp³-hybridized carbons (Fsp3) is 0.700. The molecular weight excluding hydrogens is 182 g/mol. The van der Waals surface area contributed by atoms with Crippen LogP contribution in [0.25, 0.3) is 0 Å². The van der Waals surface area contributed by atoms with Crippen LogP contribution in [0.1, 0.15) is 37.1 Å². The van der Waals surface area contributed by atoms with Crippen molar-refractivity contribution in [1.29, 1.82) is 0 Å². The van der Waals surface area contributed by atoms with Gasteiger partial charge in [-0.3, -0.25) is 0 Å². The van der Waals surface area contributed by atoms with Crippen molar-refractivity contribution in [2.45, 2.75) is 39.2 Å².